The number of nitrogens with zero attached hydrogens (tertiary/aromatic N) is 2. The Labute approximate surface area is 111 Å². The normalized spacial score (nSPS) is 12.3. The van der Waals surface area contributed by atoms with E-state index in [1.54, 1.807) is 6.20 Å². The number of aromatic nitrogens is 3. The van der Waals surface area contributed by atoms with Crippen molar-refractivity contribution >= 4 is 17.3 Å². The minimum absolute atomic E-state index is 0.0507. The third-order valence-electron chi connectivity index (χ3n) is 2.58. The summed E-state index contributed by atoms with van der Waals surface area (Å²) in [4.78, 5) is 39.9. The van der Waals surface area contributed by atoms with E-state index in [-0.39, 0.29) is 12.5 Å². The molecule has 0 saturated heterocycles. The molecule has 0 amide bonds. The van der Waals surface area contributed by atoms with Crippen molar-refractivity contribution in [3.8, 4) is 0 Å². The fourth-order valence-corrected chi connectivity index (χ4v) is 2.34. The predicted molar refractivity (Wildman–Crippen MR) is 68.8 cm³/mol. The fraction of sp³-hybridized carbons (Fsp3) is 0.273. The van der Waals surface area contributed by atoms with Crippen LogP contribution in [0.5, 0.6) is 0 Å². The highest BCUT2D eigenvalue weighted by atomic mass is 32.1. The van der Waals surface area contributed by atoms with Crippen molar-refractivity contribution in [2.75, 3.05) is 0 Å². The van der Waals surface area contributed by atoms with Crippen molar-refractivity contribution in [2.45, 2.75) is 19.4 Å². The van der Waals surface area contributed by atoms with Crippen molar-refractivity contribution in [3.05, 3.63) is 49.2 Å². The quantitative estimate of drug-likeness (QED) is 0.848. The number of H-pyrrole nitrogens is 1. The lowest BCUT2D eigenvalue weighted by atomic mass is 10.2. The highest BCUT2D eigenvalue weighted by Gasteiger charge is 2.14. The summed E-state index contributed by atoms with van der Waals surface area (Å²) in [5, 5.41) is 11.5. The summed E-state index contributed by atoms with van der Waals surface area (Å²) in [6, 6.07) is 0. The van der Waals surface area contributed by atoms with Gasteiger partial charge in [0.25, 0.3) is 5.56 Å². The summed E-state index contributed by atoms with van der Waals surface area (Å²) in [6.07, 6.45) is 2.72. The molecule has 0 bridgehead atoms. The maximum Gasteiger partial charge on any atom is 0.342 e. The molecule has 0 radical (unpaired) electrons. The molecule has 0 fully saturated rings. The van der Waals surface area contributed by atoms with Gasteiger partial charge in [-0.15, -0.1) is 11.3 Å². The van der Waals surface area contributed by atoms with Crippen molar-refractivity contribution < 1.29 is 9.90 Å². The number of aromatic amines is 1. The van der Waals surface area contributed by atoms with Crippen molar-refractivity contribution in [1.82, 2.24) is 14.5 Å². The average molecular weight is 281 g/mol. The van der Waals surface area contributed by atoms with Crippen molar-refractivity contribution in [1.29, 1.82) is 0 Å². The Balaban J connectivity index is 2.35. The van der Waals surface area contributed by atoms with Crippen LogP contribution in [0.2, 0.25) is 0 Å². The number of hydrogen-bond acceptors (Lipinski definition) is 5. The smallest absolute Gasteiger partial charge is 0.342 e. The Bertz CT molecular complexity index is 701. The number of carboxylic acids is 1. The number of nitrogens with one attached hydrogen (secondary N) is 1. The summed E-state index contributed by atoms with van der Waals surface area (Å²) in [6.45, 7) is 2.13. The Morgan fingerprint density at radius 1 is 1.58 bits per heavy atom. The van der Waals surface area contributed by atoms with Crippen LogP contribution in [0.15, 0.2) is 27.4 Å². The lowest BCUT2D eigenvalue weighted by molar-refractivity contribution is 0.0693. The van der Waals surface area contributed by atoms with Crippen LogP contribution < -0.4 is 11.2 Å². The van der Waals surface area contributed by atoms with Gasteiger partial charge in [0, 0.05) is 30.2 Å². The van der Waals surface area contributed by atoms with Gasteiger partial charge >= 0.3 is 11.7 Å². The molecule has 100 valence electrons. The molecule has 0 aliphatic carbocycles. The molecule has 0 spiro atoms. The molecular formula is C11H11N3O4S. The van der Waals surface area contributed by atoms with Gasteiger partial charge in [-0.05, 0) is 0 Å². The highest BCUT2D eigenvalue weighted by molar-refractivity contribution is 7.09. The summed E-state index contributed by atoms with van der Waals surface area (Å²) in [5.41, 5.74) is -1.97. The molecule has 0 aliphatic heterocycles. The second kappa shape index (κ2) is 5.19. The Morgan fingerprint density at radius 3 is 2.89 bits per heavy atom. The molecule has 8 heteroatoms. The lowest BCUT2D eigenvalue weighted by Crippen LogP contribution is -2.34. The largest absolute Gasteiger partial charge is 0.477 e. The SMILES string of the molecule is CC(Cn1cc(C(=O)O)c(=O)[nH]c1=O)c1nccs1. The van der Waals surface area contributed by atoms with Crippen LogP contribution in [0.3, 0.4) is 0 Å². The number of carboxylic acid groups (broad SMARTS) is 1. The third kappa shape index (κ3) is 2.79. The zero-order valence-electron chi connectivity index (χ0n) is 9.99. The van der Waals surface area contributed by atoms with E-state index < -0.39 is 22.8 Å². The Kier molecular flexibility index (Phi) is 3.61. The summed E-state index contributed by atoms with van der Waals surface area (Å²) in [7, 11) is 0. The number of rotatable bonds is 4. The van der Waals surface area contributed by atoms with Gasteiger partial charge in [0.15, 0.2) is 0 Å². The lowest BCUT2D eigenvalue weighted by Gasteiger charge is -2.10. The van der Waals surface area contributed by atoms with Gasteiger partial charge < -0.3 is 5.11 Å². The van der Waals surface area contributed by atoms with Crippen LogP contribution in [-0.4, -0.2) is 25.6 Å². The highest BCUT2D eigenvalue weighted by Crippen LogP contribution is 2.18. The minimum Gasteiger partial charge on any atom is -0.477 e. The van der Waals surface area contributed by atoms with E-state index in [4.69, 9.17) is 5.11 Å². The summed E-state index contributed by atoms with van der Waals surface area (Å²) in [5.74, 6) is -1.41. The summed E-state index contributed by atoms with van der Waals surface area (Å²) >= 11 is 1.46. The fourth-order valence-electron chi connectivity index (χ4n) is 1.65. The molecule has 2 aromatic heterocycles. The Hall–Kier alpha value is -2.22. The molecular weight excluding hydrogens is 270 g/mol. The second-order valence-corrected chi connectivity index (χ2v) is 4.96. The molecule has 2 rings (SSSR count). The van der Waals surface area contributed by atoms with E-state index in [0.29, 0.717) is 0 Å². The van der Waals surface area contributed by atoms with Crippen LogP contribution in [0.4, 0.5) is 0 Å². The van der Waals surface area contributed by atoms with Crippen molar-refractivity contribution in [3.63, 3.8) is 0 Å². The maximum absolute atomic E-state index is 11.6. The molecule has 0 aliphatic rings. The topological polar surface area (TPSA) is 105 Å². The van der Waals surface area contributed by atoms with Gasteiger partial charge in [-0.2, -0.15) is 0 Å². The van der Waals surface area contributed by atoms with E-state index in [9.17, 15) is 14.4 Å². The zero-order valence-corrected chi connectivity index (χ0v) is 10.8. The molecule has 19 heavy (non-hydrogen) atoms. The van der Waals surface area contributed by atoms with Gasteiger partial charge in [0.2, 0.25) is 0 Å². The number of hydrogen-bond donors (Lipinski definition) is 2. The summed E-state index contributed by atoms with van der Waals surface area (Å²) < 4.78 is 1.18. The number of aromatic carboxylic acids is 1. The van der Waals surface area contributed by atoms with Gasteiger partial charge in [0.1, 0.15) is 5.56 Å². The third-order valence-corrected chi connectivity index (χ3v) is 3.59. The number of thiazole rings is 1. The first-order chi connectivity index (χ1) is 8.99. The molecule has 0 saturated carbocycles. The molecule has 2 N–H and O–H groups in total. The molecule has 1 unspecified atom stereocenters. The van der Waals surface area contributed by atoms with E-state index in [1.165, 1.54) is 15.9 Å². The van der Waals surface area contributed by atoms with Gasteiger partial charge in [0.05, 0.1) is 5.01 Å². The molecule has 2 heterocycles. The maximum atomic E-state index is 11.6. The first-order valence-electron chi connectivity index (χ1n) is 5.45. The van der Waals surface area contributed by atoms with Crippen LogP contribution in [0, 0.1) is 0 Å². The van der Waals surface area contributed by atoms with Gasteiger partial charge in [-0.25, -0.2) is 14.6 Å². The van der Waals surface area contributed by atoms with Crippen LogP contribution in [-0.2, 0) is 6.54 Å². The second-order valence-electron chi connectivity index (χ2n) is 4.03. The van der Waals surface area contributed by atoms with Crippen molar-refractivity contribution in [2.24, 2.45) is 0 Å². The van der Waals surface area contributed by atoms with Gasteiger partial charge in [-0.3, -0.25) is 14.3 Å². The van der Waals surface area contributed by atoms with E-state index in [0.717, 1.165) is 11.2 Å². The van der Waals surface area contributed by atoms with E-state index in [2.05, 4.69) is 4.98 Å². The van der Waals surface area contributed by atoms with Crippen LogP contribution >= 0.6 is 11.3 Å². The first-order valence-corrected chi connectivity index (χ1v) is 6.33. The van der Waals surface area contributed by atoms with Gasteiger partial charge in [-0.1, -0.05) is 6.92 Å². The predicted octanol–water partition coefficient (Wildman–Crippen LogP) is 0.495. The van der Waals surface area contributed by atoms with Crippen LogP contribution in [0.25, 0.3) is 0 Å². The monoisotopic (exact) mass is 281 g/mol. The Morgan fingerprint density at radius 2 is 2.32 bits per heavy atom. The van der Waals surface area contributed by atoms with Crippen LogP contribution in [0.1, 0.15) is 28.2 Å². The average Bonchev–Trinajstić information content (AvgIpc) is 2.85. The molecule has 7 nitrogen and oxygen atoms in total. The first kappa shape index (κ1) is 13.2. The molecule has 1 atom stereocenters. The molecule has 2 aromatic rings. The van der Waals surface area contributed by atoms with E-state index in [1.807, 2.05) is 17.3 Å². The zero-order chi connectivity index (χ0) is 14.0. The van der Waals surface area contributed by atoms with E-state index >= 15 is 0 Å². The number of carbonyl (C=O) groups is 1. The molecule has 0 aromatic carbocycles. The minimum atomic E-state index is -1.36. The standard InChI is InChI=1S/C11H11N3O4S/c1-6(9-12-2-3-19-9)4-14-5-7(10(16)17)8(15)13-11(14)18/h2-3,5-6H,4H2,1H3,(H,16,17)(H,13,15,18).